The number of ether oxygens (including phenoxy) is 1. The first-order valence-electron chi connectivity index (χ1n) is 9.63. The lowest BCUT2D eigenvalue weighted by Gasteiger charge is -2.32. The van der Waals surface area contributed by atoms with Crippen LogP contribution in [0, 0.1) is 0 Å². The zero-order chi connectivity index (χ0) is 20.4. The molecule has 9 heteroatoms. The molecular weight excluding hydrogens is 404 g/mol. The molecule has 1 aromatic carbocycles. The molecule has 3 aromatic rings. The zero-order valence-electron chi connectivity index (χ0n) is 16.6. The number of amides is 1. The molecule has 1 saturated carbocycles. The number of carbonyl (C=O) groups excluding carboxylic acids is 1. The molecule has 0 spiro atoms. The van der Waals surface area contributed by atoms with Crippen LogP contribution in [0.3, 0.4) is 0 Å². The van der Waals surface area contributed by atoms with E-state index in [2.05, 4.69) is 4.98 Å². The van der Waals surface area contributed by atoms with Gasteiger partial charge < -0.3 is 16.2 Å². The topological polar surface area (TPSA) is 122 Å². The van der Waals surface area contributed by atoms with Gasteiger partial charge in [-0.15, -0.1) is 17.5 Å². The van der Waals surface area contributed by atoms with Crippen LogP contribution in [0.25, 0.3) is 17.2 Å². The summed E-state index contributed by atoms with van der Waals surface area (Å²) >= 11 is 0. The lowest BCUT2D eigenvalue weighted by atomic mass is 9.83. The van der Waals surface area contributed by atoms with Gasteiger partial charge in [0.15, 0.2) is 11.6 Å². The van der Waals surface area contributed by atoms with Crippen molar-refractivity contribution in [2.24, 2.45) is 11.5 Å². The molecule has 2 aromatic heterocycles. The normalized spacial score (nSPS) is 21.1. The fourth-order valence-corrected chi connectivity index (χ4v) is 3.80. The summed E-state index contributed by atoms with van der Waals surface area (Å²) in [4.78, 5) is 20.6. The summed E-state index contributed by atoms with van der Waals surface area (Å²) in [5, 5.41) is 4.73. The number of methoxy groups -OCH3 is 1. The van der Waals surface area contributed by atoms with Crippen molar-refractivity contribution in [1.29, 1.82) is 0 Å². The predicted octanol–water partition coefficient (Wildman–Crippen LogP) is 2.46. The molecule has 4 rings (SSSR count). The van der Waals surface area contributed by atoms with Crippen molar-refractivity contribution in [2.45, 2.75) is 37.3 Å². The largest absolute Gasteiger partial charge is 0.380 e. The second-order valence-electron chi connectivity index (χ2n) is 7.28. The molecule has 158 valence electrons. The van der Waals surface area contributed by atoms with E-state index in [1.807, 2.05) is 18.2 Å². The zero-order valence-corrected chi connectivity index (χ0v) is 17.5. The molecule has 1 fully saturated rings. The molecule has 0 radical (unpaired) electrons. The molecule has 30 heavy (non-hydrogen) atoms. The van der Waals surface area contributed by atoms with E-state index in [4.69, 9.17) is 26.3 Å². The van der Waals surface area contributed by atoms with Gasteiger partial charge in [0.05, 0.1) is 6.10 Å². The maximum absolute atomic E-state index is 11.3. The van der Waals surface area contributed by atoms with Crippen molar-refractivity contribution >= 4 is 18.3 Å². The van der Waals surface area contributed by atoms with E-state index in [-0.39, 0.29) is 30.5 Å². The van der Waals surface area contributed by atoms with Crippen molar-refractivity contribution in [3.05, 3.63) is 60.0 Å². The number of hydrogen-bond acceptors (Lipinski definition) is 6. The van der Waals surface area contributed by atoms with Crippen LogP contribution in [0.5, 0.6) is 0 Å². The number of halogens is 1. The summed E-state index contributed by atoms with van der Waals surface area (Å²) in [6.07, 6.45) is 4.27. The van der Waals surface area contributed by atoms with E-state index in [0.717, 1.165) is 30.7 Å². The molecule has 0 saturated heterocycles. The lowest BCUT2D eigenvalue weighted by molar-refractivity contribution is 0.0459. The minimum absolute atomic E-state index is 0. The van der Waals surface area contributed by atoms with Crippen LogP contribution in [0.1, 0.15) is 41.4 Å². The number of hydrogen-bond donors (Lipinski definition) is 2. The Morgan fingerprint density at radius 2 is 1.93 bits per heavy atom. The number of primary amides is 1. The summed E-state index contributed by atoms with van der Waals surface area (Å²) < 4.78 is 7.38. The van der Waals surface area contributed by atoms with E-state index in [9.17, 15) is 4.79 Å². The number of benzene rings is 1. The van der Waals surface area contributed by atoms with Crippen LogP contribution >= 0.6 is 12.4 Å². The SMILES string of the molecule is CO[C@@H]1C[C@@H](c2nc(-c3ccc(C(N)=O)cc3)nn2-c2ccccn2)CC[C@H]1N.Cl. The van der Waals surface area contributed by atoms with Gasteiger partial charge in [0.1, 0.15) is 5.82 Å². The number of rotatable bonds is 5. The third-order valence-electron chi connectivity index (χ3n) is 5.44. The standard InChI is InChI=1S/C21H24N6O2.ClH/c1-29-17-12-15(9-10-16(17)22)21-25-20(14-7-5-13(6-8-14)19(23)28)26-27(21)18-4-2-3-11-24-18;/h2-8,11,15-17H,9-10,12,22H2,1H3,(H2,23,28);1H/t15-,16+,17+;/m0./s1. The maximum atomic E-state index is 11.3. The minimum Gasteiger partial charge on any atom is -0.380 e. The molecule has 0 bridgehead atoms. The van der Waals surface area contributed by atoms with Crippen molar-refractivity contribution < 1.29 is 9.53 Å². The monoisotopic (exact) mass is 428 g/mol. The Morgan fingerprint density at radius 3 is 2.57 bits per heavy atom. The van der Waals surface area contributed by atoms with Gasteiger partial charge in [0.25, 0.3) is 0 Å². The fourth-order valence-electron chi connectivity index (χ4n) is 3.80. The van der Waals surface area contributed by atoms with Gasteiger partial charge in [0, 0.05) is 36.4 Å². The van der Waals surface area contributed by atoms with E-state index in [1.54, 1.807) is 42.3 Å². The smallest absolute Gasteiger partial charge is 0.248 e. The van der Waals surface area contributed by atoms with E-state index >= 15 is 0 Å². The van der Waals surface area contributed by atoms with Gasteiger partial charge in [-0.3, -0.25) is 4.79 Å². The Labute approximate surface area is 181 Å². The highest BCUT2D eigenvalue weighted by atomic mass is 35.5. The van der Waals surface area contributed by atoms with E-state index in [0.29, 0.717) is 17.2 Å². The van der Waals surface area contributed by atoms with Crippen LogP contribution in [0.2, 0.25) is 0 Å². The molecule has 2 heterocycles. The molecule has 0 unspecified atom stereocenters. The first-order valence-corrected chi connectivity index (χ1v) is 9.63. The van der Waals surface area contributed by atoms with Gasteiger partial charge in [-0.2, -0.15) is 4.68 Å². The summed E-state index contributed by atoms with van der Waals surface area (Å²) in [6.45, 7) is 0. The molecule has 1 aliphatic carbocycles. The van der Waals surface area contributed by atoms with Gasteiger partial charge >= 0.3 is 0 Å². The molecule has 1 aliphatic rings. The third-order valence-corrected chi connectivity index (χ3v) is 5.44. The minimum atomic E-state index is -0.464. The van der Waals surface area contributed by atoms with Crippen LogP contribution in [0.4, 0.5) is 0 Å². The molecular formula is C21H25ClN6O2. The van der Waals surface area contributed by atoms with Crippen LogP contribution in [-0.4, -0.2) is 44.9 Å². The number of aromatic nitrogens is 4. The molecule has 3 atom stereocenters. The number of pyridine rings is 1. The highest BCUT2D eigenvalue weighted by Gasteiger charge is 2.32. The second kappa shape index (κ2) is 9.34. The molecule has 0 aliphatic heterocycles. The number of carbonyl (C=O) groups is 1. The average Bonchev–Trinajstić information content (AvgIpc) is 3.20. The van der Waals surface area contributed by atoms with Crippen LogP contribution < -0.4 is 11.5 Å². The Bertz CT molecular complexity index is 992. The Balaban J connectivity index is 0.00000256. The second-order valence-corrected chi connectivity index (χ2v) is 7.28. The Morgan fingerprint density at radius 1 is 1.17 bits per heavy atom. The highest BCUT2D eigenvalue weighted by Crippen LogP contribution is 2.34. The summed E-state index contributed by atoms with van der Waals surface area (Å²) in [5.74, 6) is 1.82. The number of nitrogens with zero attached hydrogens (tertiary/aromatic N) is 4. The van der Waals surface area contributed by atoms with Gasteiger partial charge in [-0.05, 0) is 43.5 Å². The average molecular weight is 429 g/mol. The third kappa shape index (κ3) is 4.35. The summed E-state index contributed by atoms with van der Waals surface area (Å²) in [5.41, 5.74) is 12.8. The molecule has 8 nitrogen and oxygen atoms in total. The first-order chi connectivity index (χ1) is 14.1. The van der Waals surface area contributed by atoms with Crippen LogP contribution in [0.15, 0.2) is 48.7 Å². The van der Waals surface area contributed by atoms with Crippen molar-refractivity contribution in [2.75, 3.05) is 7.11 Å². The number of nitrogens with two attached hydrogens (primary N) is 2. The quantitative estimate of drug-likeness (QED) is 0.643. The van der Waals surface area contributed by atoms with Gasteiger partial charge in [-0.25, -0.2) is 9.97 Å². The van der Waals surface area contributed by atoms with Crippen LogP contribution in [-0.2, 0) is 4.74 Å². The Hall–Kier alpha value is -2.81. The van der Waals surface area contributed by atoms with Gasteiger partial charge in [0.2, 0.25) is 5.91 Å². The lowest BCUT2D eigenvalue weighted by Crippen LogP contribution is -2.41. The van der Waals surface area contributed by atoms with E-state index in [1.165, 1.54) is 0 Å². The van der Waals surface area contributed by atoms with E-state index < -0.39 is 5.91 Å². The Kier molecular flexibility index (Phi) is 6.81. The molecule has 4 N–H and O–H groups in total. The maximum Gasteiger partial charge on any atom is 0.248 e. The van der Waals surface area contributed by atoms with Crippen molar-refractivity contribution in [3.8, 4) is 17.2 Å². The van der Waals surface area contributed by atoms with Crippen molar-refractivity contribution in [3.63, 3.8) is 0 Å². The van der Waals surface area contributed by atoms with Gasteiger partial charge in [-0.1, -0.05) is 18.2 Å². The first kappa shape index (κ1) is 21.9. The molecule has 1 amide bonds. The summed E-state index contributed by atoms with van der Waals surface area (Å²) in [6, 6.07) is 12.7. The van der Waals surface area contributed by atoms with Crippen molar-refractivity contribution in [1.82, 2.24) is 19.7 Å². The highest BCUT2D eigenvalue weighted by molar-refractivity contribution is 5.93. The fraction of sp³-hybridized carbons (Fsp3) is 0.333. The summed E-state index contributed by atoms with van der Waals surface area (Å²) in [7, 11) is 1.70. The predicted molar refractivity (Wildman–Crippen MR) is 116 cm³/mol.